The number of benzene rings is 1. The number of ether oxygens (including phenoxy) is 2. The number of hydrogen-bond acceptors (Lipinski definition) is 5. The van der Waals surface area contributed by atoms with Crippen LogP contribution in [0.5, 0.6) is 5.88 Å². The number of halogens is 1. The summed E-state index contributed by atoms with van der Waals surface area (Å²) in [6.07, 6.45) is 3.92. The highest BCUT2D eigenvalue weighted by molar-refractivity contribution is 6.34. The first-order valence-corrected chi connectivity index (χ1v) is 9.90. The molecule has 5 heterocycles. The summed E-state index contributed by atoms with van der Waals surface area (Å²) in [6, 6.07) is 7.74. The van der Waals surface area contributed by atoms with Gasteiger partial charge in [-0.3, -0.25) is 0 Å². The Morgan fingerprint density at radius 2 is 2.21 bits per heavy atom. The molecule has 3 saturated heterocycles. The van der Waals surface area contributed by atoms with Gasteiger partial charge in [0.05, 0.1) is 36.4 Å². The lowest BCUT2D eigenvalue weighted by Gasteiger charge is -2.45. The van der Waals surface area contributed by atoms with Crippen LogP contribution in [0, 0.1) is 0 Å². The Kier molecular flexibility index (Phi) is 4.37. The number of H-pyrrole nitrogens is 1. The monoisotopic (exact) mass is 413 g/mol. The van der Waals surface area contributed by atoms with E-state index < -0.39 is 5.97 Å². The van der Waals surface area contributed by atoms with Crippen molar-refractivity contribution >= 4 is 34.3 Å². The summed E-state index contributed by atoms with van der Waals surface area (Å²) >= 11 is 6.52. The summed E-state index contributed by atoms with van der Waals surface area (Å²) in [5.74, 6) is 0.319. The van der Waals surface area contributed by atoms with Crippen LogP contribution in [-0.4, -0.2) is 53.5 Å². The predicted octanol–water partition coefficient (Wildman–Crippen LogP) is 3.96. The largest absolute Gasteiger partial charge is 0.480 e. The lowest BCUT2D eigenvalue weighted by molar-refractivity contribution is -0.0229. The van der Waals surface area contributed by atoms with Crippen molar-refractivity contribution in [2.45, 2.75) is 25.0 Å². The van der Waals surface area contributed by atoms with Crippen molar-refractivity contribution in [3.8, 4) is 17.0 Å². The van der Waals surface area contributed by atoms with E-state index >= 15 is 0 Å². The quantitative estimate of drug-likeness (QED) is 0.673. The topological polar surface area (TPSA) is 87.7 Å². The average molecular weight is 414 g/mol. The number of aromatic amines is 1. The fourth-order valence-electron chi connectivity index (χ4n) is 4.31. The van der Waals surface area contributed by atoms with Crippen LogP contribution >= 0.6 is 11.6 Å². The minimum absolute atomic E-state index is 0.200. The number of morpholine rings is 1. The predicted molar refractivity (Wildman–Crippen MR) is 110 cm³/mol. The van der Waals surface area contributed by atoms with E-state index in [2.05, 4.69) is 9.88 Å². The Morgan fingerprint density at radius 3 is 2.86 bits per heavy atom. The summed E-state index contributed by atoms with van der Waals surface area (Å²) in [5.41, 5.74) is 2.27. The van der Waals surface area contributed by atoms with Crippen molar-refractivity contribution in [2.75, 3.05) is 25.2 Å². The molecule has 0 saturated carbocycles. The van der Waals surface area contributed by atoms with Crippen LogP contribution in [0.3, 0.4) is 0 Å². The summed E-state index contributed by atoms with van der Waals surface area (Å²) < 4.78 is 11.4. The van der Waals surface area contributed by atoms with Crippen LogP contribution in [0.15, 0.2) is 30.5 Å². The van der Waals surface area contributed by atoms with E-state index in [9.17, 15) is 9.90 Å². The van der Waals surface area contributed by atoms with Gasteiger partial charge in [0.2, 0.25) is 5.88 Å². The summed E-state index contributed by atoms with van der Waals surface area (Å²) in [5, 5.41) is 10.5. The van der Waals surface area contributed by atoms with E-state index in [1.807, 2.05) is 12.1 Å². The van der Waals surface area contributed by atoms with Gasteiger partial charge >= 0.3 is 5.97 Å². The molecular weight excluding hydrogens is 394 g/mol. The number of nitrogens with one attached hydrogen (secondary N) is 1. The molecule has 2 atom stereocenters. The third kappa shape index (κ3) is 3.01. The lowest BCUT2D eigenvalue weighted by atomic mass is 9.97. The summed E-state index contributed by atoms with van der Waals surface area (Å²) in [7, 11) is 1.58. The molecule has 150 valence electrons. The van der Waals surface area contributed by atoms with Crippen LogP contribution in [0.1, 0.15) is 23.2 Å². The smallest absolute Gasteiger partial charge is 0.337 e. The molecule has 6 rings (SSSR count). The third-order valence-electron chi connectivity index (χ3n) is 5.81. The Bertz CT molecular complexity index is 1100. The number of carboxylic acid groups (broad SMARTS) is 1. The number of pyridine rings is 1. The van der Waals surface area contributed by atoms with Gasteiger partial charge in [0.1, 0.15) is 5.82 Å². The second kappa shape index (κ2) is 6.93. The first-order valence-electron chi connectivity index (χ1n) is 9.52. The van der Waals surface area contributed by atoms with E-state index in [1.165, 1.54) is 6.20 Å². The number of piperidine rings is 1. The van der Waals surface area contributed by atoms with Crippen molar-refractivity contribution in [2.24, 2.45) is 0 Å². The molecule has 0 spiro atoms. The lowest BCUT2D eigenvalue weighted by Crippen LogP contribution is -2.54. The highest BCUT2D eigenvalue weighted by Crippen LogP contribution is 2.39. The molecule has 3 aliphatic rings. The maximum absolute atomic E-state index is 11.5. The van der Waals surface area contributed by atoms with Gasteiger partial charge in [0.25, 0.3) is 0 Å². The molecule has 2 aromatic heterocycles. The van der Waals surface area contributed by atoms with Gasteiger partial charge in [0.15, 0.2) is 0 Å². The maximum atomic E-state index is 11.5. The van der Waals surface area contributed by atoms with E-state index in [1.54, 1.807) is 19.2 Å². The minimum atomic E-state index is -0.993. The molecule has 1 aromatic carbocycles. The number of methoxy groups -OCH3 is 1. The molecule has 2 N–H and O–H groups in total. The summed E-state index contributed by atoms with van der Waals surface area (Å²) in [6.45, 7) is 1.56. The number of fused-ring (bicyclic) bond motifs is 4. The van der Waals surface area contributed by atoms with Crippen LogP contribution in [0.4, 0.5) is 5.82 Å². The van der Waals surface area contributed by atoms with Gasteiger partial charge in [-0.1, -0.05) is 11.6 Å². The molecule has 0 aliphatic carbocycles. The van der Waals surface area contributed by atoms with Crippen molar-refractivity contribution in [1.82, 2.24) is 9.97 Å². The number of anilines is 1. The Morgan fingerprint density at radius 1 is 1.34 bits per heavy atom. The highest BCUT2D eigenvalue weighted by atomic mass is 35.5. The van der Waals surface area contributed by atoms with E-state index in [0.717, 1.165) is 37.4 Å². The first kappa shape index (κ1) is 18.3. The summed E-state index contributed by atoms with van der Waals surface area (Å²) in [4.78, 5) is 21.5. The van der Waals surface area contributed by atoms with E-state index in [0.29, 0.717) is 33.4 Å². The van der Waals surface area contributed by atoms with Gasteiger partial charge in [-0.05, 0) is 37.1 Å². The van der Waals surface area contributed by atoms with Gasteiger partial charge in [-0.25, -0.2) is 4.79 Å². The van der Waals surface area contributed by atoms with Crippen LogP contribution in [0.25, 0.3) is 22.0 Å². The Balaban J connectivity index is 1.58. The number of carbonyl (C=O) groups is 1. The molecule has 2 unspecified atom stereocenters. The van der Waals surface area contributed by atoms with Crippen LogP contribution in [0.2, 0.25) is 5.02 Å². The van der Waals surface area contributed by atoms with Crippen molar-refractivity contribution in [1.29, 1.82) is 0 Å². The van der Waals surface area contributed by atoms with Crippen LogP contribution < -0.4 is 9.64 Å². The zero-order valence-corrected chi connectivity index (χ0v) is 16.6. The highest BCUT2D eigenvalue weighted by Gasteiger charge is 2.35. The maximum Gasteiger partial charge on any atom is 0.337 e. The van der Waals surface area contributed by atoms with Crippen LogP contribution in [-0.2, 0) is 4.74 Å². The average Bonchev–Trinajstić information content (AvgIpc) is 3.16. The molecule has 0 radical (unpaired) electrons. The number of nitrogens with zero attached hydrogens (tertiary/aromatic N) is 2. The van der Waals surface area contributed by atoms with Crippen molar-refractivity contribution < 1.29 is 19.4 Å². The molecule has 3 fully saturated rings. The third-order valence-corrected chi connectivity index (χ3v) is 6.12. The number of aromatic carboxylic acids is 1. The van der Waals surface area contributed by atoms with E-state index in [-0.39, 0.29) is 11.7 Å². The minimum Gasteiger partial charge on any atom is -0.480 e. The fraction of sp³-hybridized carbons (Fsp3) is 0.333. The van der Waals surface area contributed by atoms with Gasteiger partial charge in [-0.15, -0.1) is 0 Å². The number of aromatic nitrogens is 2. The Labute approximate surface area is 172 Å². The Hall–Kier alpha value is -2.77. The molecule has 8 heteroatoms. The standard InChI is InChI=1S/C21H20ClN3O4/c1-28-20-13(4-5-19(24-20)25-9-12-3-2-11(25)10-29-12)14-6-15-16(21(26)27)8-23-18(15)7-17(14)22/h4-8,11-12,23H,2-3,9-10H2,1H3,(H,26,27). The fourth-order valence-corrected chi connectivity index (χ4v) is 4.57. The normalized spacial score (nSPS) is 21.0. The van der Waals surface area contributed by atoms with Gasteiger partial charge in [0, 0.05) is 34.8 Å². The molecule has 7 nitrogen and oxygen atoms in total. The molecule has 3 aliphatic heterocycles. The number of rotatable bonds is 4. The molecule has 3 aromatic rings. The van der Waals surface area contributed by atoms with E-state index in [4.69, 9.17) is 26.1 Å². The zero-order chi connectivity index (χ0) is 20.1. The number of carboxylic acids is 1. The second-order valence-corrected chi connectivity index (χ2v) is 7.86. The van der Waals surface area contributed by atoms with Gasteiger partial charge < -0.3 is 24.5 Å². The molecule has 2 bridgehead atoms. The van der Waals surface area contributed by atoms with Crippen molar-refractivity contribution in [3.05, 3.63) is 41.0 Å². The molecule has 29 heavy (non-hydrogen) atoms. The molecule has 0 amide bonds. The zero-order valence-electron chi connectivity index (χ0n) is 15.8. The van der Waals surface area contributed by atoms with Gasteiger partial charge in [-0.2, -0.15) is 4.98 Å². The van der Waals surface area contributed by atoms with Crippen molar-refractivity contribution in [3.63, 3.8) is 0 Å². The SMILES string of the molecule is COc1nc(N2CC3CCC2CO3)ccc1-c1cc2c(C(=O)O)c[nH]c2cc1Cl. The second-order valence-electron chi connectivity index (χ2n) is 7.45. The first-order chi connectivity index (χ1) is 14.0. The molecular formula is C21H20ClN3O4. The number of hydrogen-bond donors (Lipinski definition) is 2.